The van der Waals surface area contributed by atoms with Crippen LogP contribution >= 0.6 is 11.6 Å². The lowest BCUT2D eigenvalue weighted by Gasteiger charge is -2.34. The minimum absolute atomic E-state index is 0.369. The monoisotopic (exact) mass is 636 g/mol. The van der Waals surface area contributed by atoms with Gasteiger partial charge in [0.2, 0.25) is 10.0 Å². The van der Waals surface area contributed by atoms with Crippen molar-refractivity contribution in [3.8, 4) is 11.3 Å². The predicted molar refractivity (Wildman–Crippen MR) is 177 cm³/mol. The number of sulfonamides is 1. The molecule has 0 spiro atoms. The SMILES string of the molecule is CS(=O)(=O)N1CCc2c(c(-c3ccc(Cl)c(CCc4ccc5c(c4)CNCC5)c3)nn2CCCN2CCN(C3CC3)CC2)C1. The van der Waals surface area contributed by atoms with Crippen LogP contribution in [-0.2, 0) is 55.3 Å². The van der Waals surface area contributed by atoms with E-state index in [0.29, 0.717) is 19.5 Å². The molecule has 1 aromatic heterocycles. The van der Waals surface area contributed by atoms with Gasteiger partial charge in [0, 0.05) is 86.7 Å². The van der Waals surface area contributed by atoms with Crippen LogP contribution in [0.3, 0.4) is 0 Å². The van der Waals surface area contributed by atoms with E-state index in [1.807, 2.05) is 12.1 Å². The number of aryl methyl sites for hydroxylation is 3. The van der Waals surface area contributed by atoms with E-state index in [2.05, 4.69) is 44.1 Å². The van der Waals surface area contributed by atoms with Crippen LogP contribution < -0.4 is 5.32 Å². The first-order valence-corrected chi connectivity index (χ1v) is 18.6. The van der Waals surface area contributed by atoms with Crippen molar-refractivity contribution in [2.75, 3.05) is 52.1 Å². The minimum Gasteiger partial charge on any atom is -0.312 e. The molecule has 1 N–H and O–H groups in total. The third kappa shape index (κ3) is 6.78. The maximum absolute atomic E-state index is 12.5. The second kappa shape index (κ2) is 12.9. The second-order valence-corrected chi connectivity index (χ2v) is 15.5. The van der Waals surface area contributed by atoms with E-state index in [0.717, 1.165) is 98.4 Å². The van der Waals surface area contributed by atoms with Crippen molar-refractivity contribution >= 4 is 21.6 Å². The quantitative estimate of drug-likeness (QED) is 0.361. The van der Waals surface area contributed by atoms with Crippen LogP contribution in [0.2, 0.25) is 5.02 Å². The minimum atomic E-state index is -3.30. The van der Waals surface area contributed by atoms with Crippen molar-refractivity contribution in [1.29, 1.82) is 0 Å². The molecular formula is C34H45ClN6O2S. The zero-order valence-electron chi connectivity index (χ0n) is 25.9. The van der Waals surface area contributed by atoms with Crippen molar-refractivity contribution in [2.24, 2.45) is 0 Å². The number of rotatable bonds is 10. The molecular weight excluding hydrogens is 592 g/mol. The molecule has 2 fully saturated rings. The maximum Gasteiger partial charge on any atom is 0.211 e. The molecule has 10 heteroatoms. The van der Waals surface area contributed by atoms with Crippen LogP contribution in [0.4, 0.5) is 0 Å². The van der Waals surface area contributed by atoms with E-state index in [1.165, 1.54) is 54.6 Å². The largest absolute Gasteiger partial charge is 0.312 e. The maximum atomic E-state index is 12.5. The molecule has 3 aromatic rings. The lowest BCUT2D eigenvalue weighted by molar-refractivity contribution is 0.124. The predicted octanol–water partition coefficient (Wildman–Crippen LogP) is 4.12. The highest BCUT2D eigenvalue weighted by Crippen LogP contribution is 2.34. The Morgan fingerprint density at radius 1 is 0.955 bits per heavy atom. The molecule has 4 heterocycles. The number of halogens is 1. The highest BCUT2D eigenvalue weighted by Gasteiger charge is 2.32. The fraction of sp³-hybridized carbons (Fsp3) is 0.559. The van der Waals surface area contributed by atoms with Gasteiger partial charge in [-0.15, -0.1) is 0 Å². The highest BCUT2D eigenvalue weighted by molar-refractivity contribution is 7.88. The Labute approximate surface area is 267 Å². The van der Waals surface area contributed by atoms with Crippen LogP contribution in [0.1, 0.15) is 52.8 Å². The summed E-state index contributed by atoms with van der Waals surface area (Å²) >= 11 is 6.74. The molecule has 0 atom stereocenters. The third-order valence-electron chi connectivity index (χ3n) is 10.0. The van der Waals surface area contributed by atoms with E-state index in [4.69, 9.17) is 16.7 Å². The van der Waals surface area contributed by atoms with Crippen LogP contribution in [0.5, 0.6) is 0 Å². The Morgan fingerprint density at radius 3 is 2.59 bits per heavy atom. The highest BCUT2D eigenvalue weighted by atomic mass is 35.5. The summed E-state index contributed by atoms with van der Waals surface area (Å²) in [6.07, 6.45) is 8.64. The van der Waals surface area contributed by atoms with Gasteiger partial charge in [0.1, 0.15) is 0 Å². The number of piperazine rings is 1. The molecule has 2 aromatic carbocycles. The summed E-state index contributed by atoms with van der Waals surface area (Å²) in [5.74, 6) is 0. The first kappa shape index (κ1) is 30.4. The molecule has 1 saturated carbocycles. The molecule has 1 aliphatic carbocycles. The van der Waals surface area contributed by atoms with Crippen molar-refractivity contribution in [1.82, 2.24) is 29.2 Å². The summed E-state index contributed by atoms with van der Waals surface area (Å²) in [5.41, 5.74) is 9.41. The van der Waals surface area contributed by atoms with Crippen LogP contribution in [0.25, 0.3) is 11.3 Å². The summed E-state index contributed by atoms with van der Waals surface area (Å²) in [6.45, 7) is 9.46. The van der Waals surface area contributed by atoms with Gasteiger partial charge in [0.15, 0.2) is 0 Å². The standard InChI is InChI=1S/C34H45ClN6O2S/c1-44(42,43)40-16-12-33-31(24-40)34(37-41(33)15-2-14-38-17-19-39(20-18-38)30-8-9-30)28-7-10-32(35)27(22-28)6-4-25-3-5-26-11-13-36-23-29(26)21-25/h3,5,7,10,21-22,30,36H,2,4,6,8-9,11-20,23-24H2,1H3. The van der Waals surface area contributed by atoms with Gasteiger partial charge in [-0.1, -0.05) is 35.9 Å². The first-order chi connectivity index (χ1) is 21.3. The number of nitrogens with zero attached hydrogens (tertiary/aromatic N) is 5. The summed E-state index contributed by atoms with van der Waals surface area (Å²) in [6, 6.07) is 13.9. The first-order valence-electron chi connectivity index (χ1n) is 16.4. The normalized spacial score (nSPS) is 20.0. The number of hydrogen-bond donors (Lipinski definition) is 1. The molecule has 3 aliphatic heterocycles. The third-order valence-corrected chi connectivity index (χ3v) is 11.7. The van der Waals surface area contributed by atoms with Crippen molar-refractivity contribution in [2.45, 2.75) is 70.6 Å². The Hall–Kier alpha value is -2.27. The Morgan fingerprint density at radius 2 is 1.80 bits per heavy atom. The topological polar surface area (TPSA) is 73.7 Å². The van der Waals surface area contributed by atoms with Gasteiger partial charge in [0.05, 0.1) is 11.9 Å². The van der Waals surface area contributed by atoms with Crippen molar-refractivity contribution in [3.63, 3.8) is 0 Å². The Balaban J connectivity index is 1.08. The van der Waals surface area contributed by atoms with Gasteiger partial charge >= 0.3 is 0 Å². The van der Waals surface area contributed by atoms with Crippen LogP contribution in [0, 0.1) is 0 Å². The molecule has 8 nitrogen and oxygen atoms in total. The second-order valence-electron chi connectivity index (χ2n) is 13.1. The summed E-state index contributed by atoms with van der Waals surface area (Å²) in [7, 11) is -3.30. The molecule has 0 amide bonds. The lowest BCUT2D eigenvalue weighted by Crippen LogP contribution is -2.47. The molecule has 236 valence electrons. The van der Waals surface area contributed by atoms with Crippen molar-refractivity contribution < 1.29 is 8.42 Å². The van der Waals surface area contributed by atoms with Gasteiger partial charge in [-0.05, 0) is 86.0 Å². The number of hydrogen-bond acceptors (Lipinski definition) is 6. The number of benzene rings is 2. The number of aromatic nitrogens is 2. The van der Waals surface area contributed by atoms with Gasteiger partial charge < -0.3 is 10.2 Å². The molecule has 7 rings (SSSR count). The van der Waals surface area contributed by atoms with Crippen LogP contribution in [-0.4, -0.2) is 90.4 Å². The summed E-state index contributed by atoms with van der Waals surface area (Å²) in [4.78, 5) is 5.25. The average molecular weight is 637 g/mol. The molecule has 44 heavy (non-hydrogen) atoms. The van der Waals surface area contributed by atoms with Gasteiger partial charge in [-0.3, -0.25) is 9.58 Å². The molecule has 1 saturated heterocycles. The fourth-order valence-electron chi connectivity index (χ4n) is 7.28. The molecule has 0 radical (unpaired) electrons. The smallest absolute Gasteiger partial charge is 0.211 e. The molecule has 0 bridgehead atoms. The van der Waals surface area contributed by atoms with Gasteiger partial charge in [-0.2, -0.15) is 9.40 Å². The van der Waals surface area contributed by atoms with Crippen LogP contribution in [0.15, 0.2) is 36.4 Å². The van der Waals surface area contributed by atoms with E-state index < -0.39 is 10.0 Å². The molecule has 0 unspecified atom stereocenters. The zero-order chi connectivity index (χ0) is 30.3. The van der Waals surface area contributed by atoms with Gasteiger partial charge in [-0.25, -0.2) is 8.42 Å². The fourth-order valence-corrected chi connectivity index (χ4v) is 8.28. The average Bonchev–Trinajstić information content (AvgIpc) is 3.82. The van der Waals surface area contributed by atoms with Gasteiger partial charge in [0.25, 0.3) is 0 Å². The lowest BCUT2D eigenvalue weighted by atomic mass is 9.95. The summed E-state index contributed by atoms with van der Waals surface area (Å²) in [5, 5.41) is 9.40. The van der Waals surface area contributed by atoms with Crippen molar-refractivity contribution in [3.05, 3.63) is 74.9 Å². The Bertz CT molecular complexity index is 1610. The summed E-state index contributed by atoms with van der Waals surface area (Å²) < 4.78 is 28.8. The molecule has 4 aliphatic rings. The number of fused-ring (bicyclic) bond motifs is 2. The Kier molecular flexibility index (Phi) is 8.88. The zero-order valence-corrected chi connectivity index (χ0v) is 27.5. The van der Waals surface area contributed by atoms with E-state index >= 15 is 0 Å². The number of nitrogens with one attached hydrogen (secondary N) is 1. The van der Waals surface area contributed by atoms with E-state index in [1.54, 1.807) is 4.31 Å². The van der Waals surface area contributed by atoms with E-state index in [9.17, 15) is 8.42 Å². The van der Waals surface area contributed by atoms with E-state index in [-0.39, 0.29) is 0 Å².